The third kappa shape index (κ3) is 5.46. The molecule has 168 valence electrons. The van der Waals surface area contributed by atoms with Gasteiger partial charge in [0.05, 0.1) is 6.61 Å². The summed E-state index contributed by atoms with van der Waals surface area (Å²) in [7, 11) is 0. The Hall–Kier alpha value is -2.38. The lowest BCUT2D eigenvalue weighted by Gasteiger charge is -2.43. The predicted octanol–water partition coefficient (Wildman–Crippen LogP) is 3.49. The van der Waals surface area contributed by atoms with Gasteiger partial charge in [0.25, 0.3) is 0 Å². The van der Waals surface area contributed by atoms with Crippen LogP contribution >= 0.6 is 0 Å². The lowest BCUT2D eigenvalue weighted by Crippen LogP contribution is -2.56. The normalized spacial score (nSPS) is 18.7. The summed E-state index contributed by atoms with van der Waals surface area (Å²) in [5.41, 5.74) is 2.12. The first-order valence-electron chi connectivity index (χ1n) is 11.6. The van der Waals surface area contributed by atoms with Gasteiger partial charge in [-0.05, 0) is 57.0 Å². The molecule has 0 amide bonds. The molecule has 2 saturated heterocycles. The minimum atomic E-state index is -0.149. The van der Waals surface area contributed by atoms with Crippen LogP contribution in [0, 0.1) is 0 Å². The fourth-order valence-corrected chi connectivity index (χ4v) is 4.41. The van der Waals surface area contributed by atoms with Gasteiger partial charge < -0.3 is 20.2 Å². The smallest absolute Gasteiger partial charge is 0.227 e. The monoisotopic (exact) mass is 424 g/mol. The molecular formula is C24H36N6O. The van der Waals surface area contributed by atoms with E-state index in [2.05, 4.69) is 63.1 Å². The van der Waals surface area contributed by atoms with E-state index in [1.54, 1.807) is 0 Å². The van der Waals surface area contributed by atoms with Gasteiger partial charge in [-0.3, -0.25) is 4.90 Å². The topological polar surface area (TPSA) is 67.8 Å². The highest BCUT2D eigenvalue weighted by molar-refractivity contribution is 5.61. The number of aliphatic hydroxyl groups excluding tert-OH is 1. The maximum Gasteiger partial charge on any atom is 0.227 e. The van der Waals surface area contributed by atoms with Crippen LogP contribution < -0.4 is 15.1 Å². The molecule has 0 aliphatic carbocycles. The summed E-state index contributed by atoms with van der Waals surface area (Å²) in [5.74, 6) is 1.66. The van der Waals surface area contributed by atoms with E-state index in [9.17, 15) is 5.11 Å². The van der Waals surface area contributed by atoms with Crippen molar-refractivity contribution in [2.24, 2.45) is 0 Å². The van der Waals surface area contributed by atoms with Gasteiger partial charge in [0.1, 0.15) is 5.82 Å². The van der Waals surface area contributed by atoms with Crippen LogP contribution in [0.25, 0.3) is 0 Å². The van der Waals surface area contributed by atoms with E-state index in [1.807, 2.05) is 12.3 Å². The molecule has 0 unspecified atom stereocenters. The number of piperazine rings is 1. The molecule has 4 rings (SSSR count). The van der Waals surface area contributed by atoms with E-state index in [4.69, 9.17) is 4.98 Å². The number of rotatable bonds is 6. The average molecular weight is 425 g/mol. The molecule has 2 aromatic rings. The summed E-state index contributed by atoms with van der Waals surface area (Å²) >= 11 is 0. The Morgan fingerprint density at radius 1 is 0.871 bits per heavy atom. The minimum absolute atomic E-state index is 0.149. The summed E-state index contributed by atoms with van der Waals surface area (Å²) in [5, 5.41) is 13.0. The Balaban J connectivity index is 1.35. The second-order valence-corrected chi connectivity index (χ2v) is 9.26. The number of aromatic nitrogens is 2. The van der Waals surface area contributed by atoms with Crippen molar-refractivity contribution < 1.29 is 5.11 Å². The van der Waals surface area contributed by atoms with Gasteiger partial charge in [-0.25, -0.2) is 4.98 Å². The summed E-state index contributed by atoms with van der Waals surface area (Å²) < 4.78 is 0. The lowest BCUT2D eigenvalue weighted by atomic mass is 10.0. The number of benzene rings is 1. The third-order valence-electron chi connectivity index (χ3n) is 6.56. The van der Waals surface area contributed by atoms with Crippen molar-refractivity contribution in [2.75, 3.05) is 61.0 Å². The Morgan fingerprint density at radius 2 is 1.55 bits per heavy atom. The molecule has 2 N–H and O–H groups in total. The van der Waals surface area contributed by atoms with Crippen molar-refractivity contribution in [1.82, 2.24) is 14.9 Å². The van der Waals surface area contributed by atoms with E-state index >= 15 is 0 Å². The standard InChI is InChI=1S/C24H36N6O/c1-24(2,19-31)30-17-15-28(16-18-30)21-9-7-20(8-10-21)26-22-11-12-25-23(27-22)29-13-5-3-4-6-14-29/h7-12,31H,3-6,13-19H2,1-2H3,(H,25,26,27). The number of nitrogens with zero attached hydrogens (tertiary/aromatic N) is 5. The molecule has 1 aromatic carbocycles. The maximum atomic E-state index is 9.61. The molecular weight excluding hydrogens is 388 g/mol. The highest BCUT2D eigenvalue weighted by Gasteiger charge is 2.29. The molecule has 0 saturated carbocycles. The van der Waals surface area contributed by atoms with Crippen LogP contribution in [0.4, 0.5) is 23.1 Å². The molecule has 2 aliphatic rings. The fraction of sp³-hybridized carbons (Fsp3) is 0.583. The lowest BCUT2D eigenvalue weighted by molar-refractivity contribution is 0.0527. The van der Waals surface area contributed by atoms with Crippen LogP contribution in [-0.2, 0) is 0 Å². The van der Waals surface area contributed by atoms with Gasteiger partial charge in [-0.2, -0.15) is 4.98 Å². The highest BCUT2D eigenvalue weighted by Crippen LogP contribution is 2.24. The minimum Gasteiger partial charge on any atom is -0.394 e. The SMILES string of the molecule is CC(C)(CO)N1CCN(c2ccc(Nc3ccnc(N4CCCCCC4)n3)cc2)CC1. The van der Waals surface area contributed by atoms with Crippen LogP contribution in [-0.4, -0.2) is 71.4 Å². The Morgan fingerprint density at radius 3 is 2.19 bits per heavy atom. The van der Waals surface area contributed by atoms with Crippen molar-refractivity contribution in [3.8, 4) is 0 Å². The second-order valence-electron chi connectivity index (χ2n) is 9.26. The fourth-order valence-electron chi connectivity index (χ4n) is 4.41. The summed E-state index contributed by atoms with van der Waals surface area (Å²) in [6.07, 6.45) is 6.88. The number of aliphatic hydroxyl groups is 1. The molecule has 0 radical (unpaired) electrons. The third-order valence-corrected chi connectivity index (χ3v) is 6.56. The van der Waals surface area contributed by atoms with E-state index in [1.165, 1.54) is 31.4 Å². The quantitative estimate of drug-likeness (QED) is 0.736. The number of hydrogen-bond acceptors (Lipinski definition) is 7. The Labute approximate surface area is 186 Å². The number of nitrogens with one attached hydrogen (secondary N) is 1. The molecule has 31 heavy (non-hydrogen) atoms. The summed E-state index contributed by atoms with van der Waals surface area (Å²) in [6.45, 7) is 10.4. The zero-order valence-electron chi connectivity index (χ0n) is 18.9. The molecule has 7 heteroatoms. The van der Waals surface area contributed by atoms with E-state index in [0.717, 1.165) is 56.7 Å². The van der Waals surface area contributed by atoms with Crippen LogP contribution in [0.5, 0.6) is 0 Å². The van der Waals surface area contributed by atoms with Gasteiger partial charge in [0, 0.05) is 62.4 Å². The van der Waals surface area contributed by atoms with Crippen LogP contribution in [0.3, 0.4) is 0 Å². The largest absolute Gasteiger partial charge is 0.394 e. The van der Waals surface area contributed by atoms with Gasteiger partial charge in [0.15, 0.2) is 0 Å². The molecule has 3 heterocycles. The van der Waals surface area contributed by atoms with Crippen molar-refractivity contribution >= 4 is 23.1 Å². The van der Waals surface area contributed by atoms with Crippen LogP contribution in [0.1, 0.15) is 39.5 Å². The van der Waals surface area contributed by atoms with Gasteiger partial charge in [0.2, 0.25) is 5.95 Å². The highest BCUT2D eigenvalue weighted by atomic mass is 16.3. The zero-order chi connectivity index (χ0) is 21.7. The predicted molar refractivity (Wildman–Crippen MR) is 127 cm³/mol. The van der Waals surface area contributed by atoms with Crippen molar-refractivity contribution in [2.45, 2.75) is 45.1 Å². The number of anilines is 4. The zero-order valence-corrected chi connectivity index (χ0v) is 18.9. The Bertz CT molecular complexity index is 824. The summed E-state index contributed by atoms with van der Waals surface area (Å²) in [4.78, 5) is 16.3. The molecule has 2 fully saturated rings. The molecule has 0 bridgehead atoms. The van der Waals surface area contributed by atoms with Crippen molar-refractivity contribution in [3.63, 3.8) is 0 Å². The average Bonchev–Trinajstić information content (AvgIpc) is 3.10. The number of hydrogen-bond donors (Lipinski definition) is 2. The first-order chi connectivity index (χ1) is 15.0. The molecule has 7 nitrogen and oxygen atoms in total. The van der Waals surface area contributed by atoms with Gasteiger partial charge in [-0.1, -0.05) is 12.8 Å². The van der Waals surface area contributed by atoms with Crippen molar-refractivity contribution in [3.05, 3.63) is 36.5 Å². The molecule has 0 spiro atoms. The summed E-state index contributed by atoms with van der Waals surface area (Å²) in [6, 6.07) is 10.5. The Kier molecular flexibility index (Phi) is 6.92. The van der Waals surface area contributed by atoms with E-state index < -0.39 is 0 Å². The van der Waals surface area contributed by atoms with Crippen LogP contribution in [0.2, 0.25) is 0 Å². The maximum absolute atomic E-state index is 9.61. The van der Waals surface area contributed by atoms with Gasteiger partial charge in [-0.15, -0.1) is 0 Å². The van der Waals surface area contributed by atoms with Gasteiger partial charge >= 0.3 is 0 Å². The first-order valence-corrected chi connectivity index (χ1v) is 11.6. The van der Waals surface area contributed by atoms with Crippen LogP contribution in [0.15, 0.2) is 36.5 Å². The van der Waals surface area contributed by atoms with Crippen molar-refractivity contribution in [1.29, 1.82) is 0 Å². The second kappa shape index (κ2) is 9.83. The molecule has 2 aliphatic heterocycles. The first kappa shape index (κ1) is 21.8. The van der Waals surface area contributed by atoms with E-state index in [0.29, 0.717) is 0 Å². The van der Waals surface area contributed by atoms with E-state index in [-0.39, 0.29) is 12.1 Å². The molecule has 0 atom stereocenters. The molecule has 1 aromatic heterocycles.